The van der Waals surface area contributed by atoms with Crippen LogP contribution in [0.4, 0.5) is 0 Å². The monoisotopic (exact) mass is 356 g/mol. The SMILES string of the molecule is CCCOC(=O)c1cccc(OC(=O)c2cccc(OCC(C)C)c2)c1. The molecule has 5 nitrogen and oxygen atoms in total. The fraction of sp³-hybridized carbons (Fsp3) is 0.333. The van der Waals surface area contributed by atoms with Gasteiger partial charge in [-0.15, -0.1) is 0 Å². The summed E-state index contributed by atoms with van der Waals surface area (Å²) in [5, 5.41) is 0. The Morgan fingerprint density at radius 3 is 2.19 bits per heavy atom. The van der Waals surface area contributed by atoms with E-state index in [-0.39, 0.29) is 5.75 Å². The van der Waals surface area contributed by atoms with Gasteiger partial charge in [0.2, 0.25) is 0 Å². The summed E-state index contributed by atoms with van der Waals surface area (Å²) in [6, 6.07) is 13.2. The van der Waals surface area contributed by atoms with Crippen LogP contribution >= 0.6 is 0 Å². The summed E-state index contributed by atoms with van der Waals surface area (Å²) in [4.78, 5) is 24.3. The molecule has 2 aromatic carbocycles. The van der Waals surface area contributed by atoms with Crippen molar-refractivity contribution in [2.24, 2.45) is 5.92 Å². The highest BCUT2D eigenvalue weighted by Gasteiger charge is 2.13. The second-order valence-electron chi connectivity index (χ2n) is 6.29. The van der Waals surface area contributed by atoms with Crippen molar-refractivity contribution in [3.63, 3.8) is 0 Å². The van der Waals surface area contributed by atoms with E-state index >= 15 is 0 Å². The van der Waals surface area contributed by atoms with Crippen molar-refractivity contribution in [1.29, 1.82) is 0 Å². The van der Waals surface area contributed by atoms with Gasteiger partial charge in [-0.25, -0.2) is 9.59 Å². The molecule has 0 fully saturated rings. The average molecular weight is 356 g/mol. The van der Waals surface area contributed by atoms with E-state index in [0.29, 0.717) is 36.0 Å². The number of hydrogen-bond acceptors (Lipinski definition) is 5. The van der Waals surface area contributed by atoms with Crippen LogP contribution in [0.25, 0.3) is 0 Å². The molecule has 0 saturated carbocycles. The molecule has 0 aliphatic rings. The van der Waals surface area contributed by atoms with E-state index in [9.17, 15) is 9.59 Å². The molecule has 2 rings (SSSR count). The van der Waals surface area contributed by atoms with Gasteiger partial charge in [0, 0.05) is 0 Å². The lowest BCUT2D eigenvalue weighted by Gasteiger charge is -2.10. The van der Waals surface area contributed by atoms with Crippen LogP contribution in [-0.2, 0) is 4.74 Å². The Morgan fingerprint density at radius 1 is 0.923 bits per heavy atom. The normalized spacial score (nSPS) is 10.5. The molecule has 0 spiro atoms. The molecule has 0 radical (unpaired) electrons. The van der Waals surface area contributed by atoms with Gasteiger partial charge >= 0.3 is 11.9 Å². The number of esters is 2. The first-order valence-corrected chi connectivity index (χ1v) is 8.71. The first kappa shape index (κ1) is 19.5. The minimum atomic E-state index is -0.515. The zero-order valence-electron chi connectivity index (χ0n) is 15.4. The average Bonchev–Trinajstić information content (AvgIpc) is 2.64. The number of carbonyl (C=O) groups excluding carboxylic acids is 2. The third-order valence-corrected chi connectivity index (χ3v) is 3.37. The zero-order chi connectivity index (χ0) is 18.9. The van der Waals surface area contributed by atoms with Crippen molar-refractivity contribution >= 4 is 11.9 Å². The molecule has 0 N–H and O–H groups in total. The largest absolute Gasteiger partial charge is 0.493 e. The van der Waals surface area contributed by atoms with Gasteiger partial charge in [0.15, 0.2) is 0 Å². The Balaban J connectivity index is 2.05. The Morgan fingerprint density at radius 2 is 1.54 bits per heavy atom. The van der Waals surface area contributed by atoms with Crippen molar-refractivity contribution in [1.82, 2.24) is 0 Å². The van der Waals surface area contributed by atoms with Crippen molar-refractivity contribution < 1.29 is 23.8 Å². The lowest BCUT2D eigenvalue weighted by atomic mass is 10.2. The van der Waals surface area contributed by atoms with Gasteiger partial charge in [-0.05, 0) is 48.7 Å². The van der Waals surface area contributed by atoms with Crippen LogP contribution in [0.3, 0.4) is 0 Å². The minimum Gasteiger partial charge on any atom is -0.493 e. The number of hydrogen-bond donors (Lipinski definition) is 0. The molecule has 5 heteroatoms. The standard InChI is InChI=1S/C21H24O5/c1-4-11-24-20(22)16-7-6-10-19(13-16)26-21(23)17-8-5-9-18(12-17)25-14-15(2)3/h5-10,12-13,15H,4,11,14H2,1-3H3. The van der Waals surface area contributed by atoms with Crippen molar-refractivity contribution in [3.8, 4) is 11.5 Å². The summed E-state index contributed by atoms with van der Waals surface area (Å²) in [5.41, 5.74) is 0.725. The smallest absolute Gasteiger partial charge is 0.343 e. The molecule has 0 heterocycles. The molecule has 0 saturated heterocycles. The van der Waals surface area contributed by atoms with E-state index in [0.717, 1.165) is 6.42 Å². The van der Waals surface area contributed by atoms with Gasteiger partial charge in [0.25, 0.3) is 0 Å². The highest BCUT2D eigenvalue weighted by atomic mass is 16.5. The summed E-state index contributed by atoms with van der Waals surface area (Å²) in [5.74, 6) is 0.341. The maximum atomic E-state index is 12.4. The topological polar surface area (TPSA) is 61.8 Å². The molecule has 0 unspecified atom stereocenters. The highest BCUT2D eigenvalue weighted by Crippen LogP contribution is 2.19. The van der Waals surface area contributed by atoms with E-state index in [1.54, 1.807) is 42.5 Å². The van der Waals surface area contributed by atoms with Gasteiger partial charge < -0.3 is 14.2 Å². The Labute approximate surface area is 153 Å². The van der Waals surface area contributed by atoms with Gasteiger partial charge in [0.1, 0.15) is 11.5 Å². The second kappa shape index (κ2) is 9.61. The molecule has 26 heavy (non-hydrogen) atoms. The van der Waals surface area contributed by atoms with Gasteiger partial charge in [0.05, 0.1) is 24.3 Å². The van der Waals surface area contributed by atoms with Crippen LogP contribution in [0.5, 0.6) is 11.5 Å². The van der Waals surface area contributed by atoms with Gasteiger partial charge in [-0.1, -0.05) is 32.9 Å². The van der Waals surface area contributed by atoms with E-state index in [1.165, 1.54) is 6.07 Å². The molecule has 0 aromatic heterocycles. The molecule has 0 atom stereocenters. The summed E-state index contributed by atoms with van der Waals surface area (Å²) in [6.07, 6.45) is 0.746. The Bertz CT molecular complexity index is 752. The quantitative estimate of drug-likeness (QED) is 0.514. The number of ether oxygens (including phenoxy) is 3. The molecule has 0 bridgehead atoms. The van der Waals surface area contributed by atoms with E-state index in [4.69, 9.17) is 14.2 Å². The second-order valence-corrected chi connectivity index (χ2v) is 6.29. The number of rotatable bonds is 8. The van der Waals surface area contributed by atoms with Crippen molar-refractivity contribution in [2.75, 3.05) is 13.2 Å². The molecular weight excluding hydrogens is 332 g/mol. The van der Waals surface area contributed by atoms with E-state index < -0.39 is 11.9 Å². The molecule has 138 valence electrons. The van der Waals surface area contributed by atoms with Crippen LogP contribution in [0.15, 0.2) is 48.5 Å². The summed E-state index contributed by atoms with van der Waals surface area (Å²) in [7, 11) is 0. The molecule has 0 amide bonds. The third kappa shape index (κ3) is 5.92. The molecule has 0 aliphatic heterocycles. The van der Waals surface area contributed by atoms with Gasteiger partial charge in [-0.3, -0.25) is 0 Å². The predicted molar refractivity (Wildman–Crippen MR) is 98.7 cm³/mol. The molecule has 2 aromatic rings. The molecule has 0 aliphatic carbocycles. The van der Waals surface area contributed by atoms with Crippen molar-refractivity contribution in [2.45, 2.75) is 27.2 Å². The maximum Gasteiger partial charge on any atom is 0.343 e. The zero-order valence-corrected chi connectivity index (χ0v) is 15.4. The van der Waals surface area contributed by atoms with Crippen LogP contribution in [0.1, 0.15) is 47.9 Å². The van der Waals surface area contributed by atoms with Crippen LogP contribution < -0.4 is 9.47 Å². The number of benzene rings is 2. The molecular formula is C21H24O5. The maximum absolute atomic E-state index is 12.4. The van der Waals surface area contributed by atoms with Crippen LogP contribution in [-0.4, -0.2) is 25.2 Å². The highest BCUT2D eigenvalue weighted by molar-refractivity contribution is 5.93. The van der Waals surface area contributed by atoms with E-state index in [1.807, 2.05) is 6.92 Å². The fourth-order valence-electron chi connectivity index (χ4n) is 2.11. The summed E-state index contributed by atoms with van der Waals surface area (Å²) < 4.78 is 16.1. The summed E-state index contributed by atoms with van der Waals surface area (Å²) in [6.45, 7) is 6.95. The van der Waals surface area contributed by atoms with Crippen LogP contribution in [0, 0.1) is 5.92 Å². The van der Waals surface area contributed by atoms with Crippen molar-refractivity contribution in [3.05, 3.63) is 59.7 Å². The first-order valence-electron chi connectivity index (χ1n) is 8.71. The lowest BCUT2D eigenvalue weighted by Crippen LogP contribution is -2.11. The lowest BCUT2D eigenvalue weighted by molar-refractivity contribution is 0.0503. The Kier molecular flexibility index (Phi) is 7.21. The van der Waals surface area contributed by atoms with Crippen LogP contribution in [0.2, 0.25) is 0 Å². The van der Waals surface area contributed by atoms with Gasteiger partial charge in [-0.2, -0.15) is 0 Å². The first-order chi connectivity index (χ1) is 12.5. The van der Waals surface area contributed by atoms with E-state index in [2.05, 4.69) is 13.8 Å². The fourth-order valence-corrected chi connectivity index (χ4v) is 2.11. The third-order valence-electron chi connectivity index (χ3n) is 3.37. The Hall–Kier alpha value is -2.82. The predicted octanol–water partition coefficient (Wildman–Crippen LogP) is 4.51. The minimum absolute atomic E-state index is 0.287. The number of carbonyl (C=O) groups is 2. The summed E-state index contributed by atoms with van der Waals surface area (Å²) >= 11 is 0.